The largest absolute Gasteiger partial charge is 0.467 e. The Labute approximate surface area is 174 Å². The van der Waals surface area contributed by atoms with Crippen LogP contribution in [0.25, 0.3) is 0 Å². The number of rotatable bonds is 13. The molecule has 0 aromatic heterocycles. The van der Waals surface area contributed by atoms with E-state index in [2.05, 4.69) is 23.6 Å². The summed E-state index contributed by atoms with van der Waals surface area (Å²) < 4.78 is 4.80. The van der Waals surface area contributed by atoms with E-state index < -0.39 is 24.0 Å². The standard InChI is InChI=1S/C23H34N2O4/c1-4-5-6-7-8-9-13-16-21(26)24-18(2)22(27)25-20(23(28)29-3)17-19-14-11-10-12-15-19/h8-12,14-15,18,20H,4-7,13,16-17H2,1-3H3,(H,24,26)(H,25,27)/b9-8-/t18-,20-/m0/s1. The molecule has 0 saturated carbocycles. The maximum absolute atomic E-state index is 12.4. The minimum absolute atomic E-state index is 0.191. The zero-order valence-electron chi connectivity index (χ0n) is 17.8. The van der Waals surface area contributed by atoms with Crippen molar-refractivity contribution in [3.05, 3.63) is 48.0 Å². The first-order valence-electron chi connectivity index (χ1n) is 10.3. The van der Waals surface area contributed by atoms with Crippen LogP contribution >= 0.6 is 0 Å². The highest BCUT2D eigenvalue weighted by atomic mass is 16.5. The summed E-state index contributed by atoms with van der Waals surface area (Å²) in [4.78, 5) is 36.5. The fourth-order valence-electron chi connectivity index (χ4n) is 2.82. The van der Waals surface area contributed by atoms with Crippen LogP contribution in [0.1, 0.15) is 57.9 Å². The zero-order valence-corrected chi connectivity index (χ0v) is 17.8. The SMILES string of the molecule is CCCCC/C=C\CCC(=O)N[C@@H](C)C(=O)N[C@@H](Cc1ccccc1)C(=O)OC. The maximum atomic E-state index is 12.4. The molecule has 0 aliphatic carbocycles. The molecule has 0 aliphatic rings. The second-order valence-corrected chi connectivity index (χ2v) is 7.07. The Balaban J connectivity index is 2.45. The molecule has 6 heteroatoms. The van der Waals surface area contributed by atoms with E-state index in [9.17, 15) is 14.4 Å². The van der Waals surface area contributed by atoms with Gasteiger partial charge in [0.05, 0.1) is 7.11 Å². The molecule has 1 aromatic carbocycles. The molecule has 0 heterocycles. The first-order chi connectivity index (χ1) is 14.0. The first kappa shape index (κ1) is 24.4. The summed E-state index contributed by atoms with van der Waals surface area (Å²) in [7, 11) is 1.29. The predicted molar refractivity (Wildman–Crippen MR) is 114 cm³/mol. The average Bonchev–Trinajstić information content (AvgIpc) is 2.72. The lowest BCUT2D eigenvalue weighted by atomic mass is 10.1. The van der Waals surface area contributed by atoms with Gasteiger partial charge in [-0.2, -0.15) is 0 Å². The molecule has 0 bridgehead atoms. The van der Waals surface area contributed by atoms with Gasteiger partial charge in [0.15, 0.2) is 0 Å². The summed E-state index contributed by atoms with van der Waals surface area (Å²) in [5.74, 6) is -1.13. The van der Waals surface area contributed by atoms with E-state index in [0.29, 0.717) is 19.3 Å². The highest BCUT2D eigenvalue weighted by Gasteiger charge is 2.25. The normalized spacial score (nSPS) is 12.9. The molecule has 1 rings (SSSR count). The first-order valence-corrected chi connectivity index (χ1v) is 10.3. The summed E-state index contributed by atoms with van der Waals surface area (Å²) in [6.45, 7) is 3.77. The minimum atomic E-state index is -0.805. The monoisotopic (exact) mass is 402 g/mol. The van der Waals surface area contributed by atoms with Crippen molar-refractivity contribution >= 4 is 17.8 Å². The summed E-state index contributed by atoms with van der Waals surface area (Å²) in [6, 6.07) is 7.83. The van der Waals surface area contributed by atoms with Gasteiger partial charge in [-0.3, -0.25) is 9.59 Å². The van der Waals surface area contributed by atoms with Crippen molar-refractivity contribution in [1.82, 2.24) is 10.6 Å². The zero-order chi connectivity index (χ0) is 21.5. The molecule has 0 fully saturated rings. The number of hydrogen-bond donors (Lipinski definition) is 2. The number of unbranched alkanes of at least 4 members (excludes halogenated alkanes) is 3. The van der Waals surface area contributed by atoms with Gasteiger partial charge in [-0.25, -0.2) is 4.79 Å². The molecule has 1 aromatic rings. The van der Waals surface area contributed by atoms with Crippen LogP contribution in [0.5, 0.6) is 0 Å². The van der Waals surface area contributed by atoms with Crippen LogP contribution in [0.15, 0.2) is 42.5 Å². The number of allylic oxidation sites excluding steroid dienone is 2. The van der Waals surface area contributed by atoms with E-state index in [4.69, 9.17) is 4.74 Å². The number of hydrogen-bond acceptors (Lipinski definition) is 4. The molecule has 0 unspecified atom stereocenters. The third-order valence-electron chi connectivity index (χ3n) is 4.53. The molecule has 6 nitrogen and oxygen atoms in total. The predicted octanol–water partition coefficient (Wildman–Crippen LogP) is 3.31. The average molecular weight is 403 g/mol. The molecular formula is C23H34N2O4. The Bertz CT molecular complexity index is 658. The third-order valence-corrected chi connectivity index (χ3v) is 4.53. The Morgan fingerprint density at radius 3 is 2.38 bits per heavy atom. The van der Waals surface area contributed by atoms with Crippen LogP contribution in [0.2, 0.25) is 0 Å². The van der Waals surface area contributed by atoms with Crippen molar-refractivity contribution in [2.24, 2.45) is 0 Å². The number of amides is 2. The van der Waals surface area contributed by atoms with Gasteiger partial charge in [0.25, 0.3) is 0 Å². The van der Waals surface area contributed by atoms with Crippen molar-refractivity contribution in [2.45, 2.75) is 70.9 Å². The fraction of sp³-hybridized carbons (Fsp3) is 0.522. The highest BCUT2D eigenvalue weighted by Crippen LogP contribution is 2.05. The Kier molecular flexibility index (Phi) is 12.1. The summed E-state index contributed by atoms with van der Waals surface area (Å²) in [5.41, 5.74) is 0.908. The van der Waals surface area contributed by atoms with Gasteiger partial charge < -0.3 is 15.4 Å². The van der Waals surface area contributed by atoms with E-state index in [1.807, 2.05) is 36.4 Å². The smallest absolute Gasteiger partial charge is 0.328 e. The van der Waals surface area contributed by atoms with E-state index in [0.717, 1.165) is 12.0 Å². The number of carbonyl (C=O) groups excluding carboxylic acids is 3. The molecule has 160 valence electrons. The van der Waals surface area contributed by atoms with Gasteiger partial charge in [-0.1, -0.05) is 62.2 Å². The van der Waals surface area contributed by atoms with Crippen LogP contribution in [-0.4, -0.2) is 37.0 Å². The summed E-state index contributed by atoms with van der Waals surface area (Å²) in [5, 5.41) is 5.36. The number of esters is 1. The number of carbonyl (C=O) groups is 3. The number of benzene rings is 1. The van der Waals surface area contributed by atoms with Gasteiger partial charge in [0.2, 0.25) is 11.8 Å². The van der Waals surface area contributed by atoms with Crippen molar-refractivity contribution in [3.63, 3.8) is 0 Å². The second kappa shape index (κ2) is 14.4. The van der Waals surface area contributed by atoms with Crippen LogP contribution in [-0.2, 0) is 25.5 Å². The number of nitrogens with one attached hydrogen (secondary N) is 2. The van der Waals surface area contributed by atoms with Crippen LogP contribution in [0, 0.1) is 0 Å². The minimum Gasteiger partial charge on any atom is -0.467 e. The topological polar surface area (TPSA) is 84.5 Å². The number of ether oxygens (including phenoxy) is 1. The van der Waals surface area contributed by atoms with E-state index in [1.54, 1.807) is 6.92 Å². The van der Waals surface area contributed by atoms with Crippen LogP contribution < -0.4 is 10.6 Å². The van der Waals surface area contributed by atoms with Gasteiger partial charge in [0, 0.05) is 12.8 Å². The van der Waals surface area contributed by atoms with Crippen LogP contribution in [0.4, 0.5) is 0 Å². The Morgan fingerprint density at radius 2 is 1.72 bits per heavy atom. The lowest BCUT2D eigenvalue weighted by Gasteiger charge is -2.20. The molecule has 0 radical (unpaired) electrons. The Hall–Kier alpha value is -2.63. The lowest BCUT2D eigenvalue weighted by Crippen LogP contribution is -2.51. The number of methoxy groups -OCH3 is 1. The molecule has 2 N–H and O–H groups in total. The summed E-state index contributed by atoms with van der Waals surface area (Å²) in [6.07, 6.45) is 10.0. The van der Waals surface area contributed by atoms with E-state index >= 15 is 0 Å². The quantitative estimate of drug-likeness (QED) is 0.301. The maximum Gasteiger partial charge on any atom is 0.328 e. The van der Waals surface area contributed by atoms with Gasteiger partial charge in [0.1, 0.15) is 12.1 Å². The van der Waals surface area contributed by atoms with Gasteiger partial charge >= 0.3 is 5.97 Å². The molecule has 0 aliphatic heterocycles. The molecule has 2 amide bonds. The van der Waals surface area contributed by atoms with E-state index in [1.165, 1.54) is 26.4 Å². The van der Waals surface area contributed by atoms with Crippen molar-refractivity contribution < 1.29 is 19.1 Å². The van der Waals surface area contributed by atoms with Gasteiger partial charge in [-0.15, -0.1) is 0 Å². The molecular weight excluding hydrogens is 368 g/mol. The molecule has 0 saturated heterocycles. The van der Waals surface area contributed by atoms with Crippen molar-refractivity contribution in [3.8, 4) is 0 Å². The molecule has 0 spiro atoms. The van der Waals surface area contributed by atoms with Gasteiger partial charge in [-0.05, 0) is 31.7 Å². The highest BCUT2D eigenvalue weighted by molar-refractivity contribution is 5.90. The lowest BCUT2D eigenvalue weighted by molar-refractivity contribution is -0.145. The third kappa shape index (κ3) is 10.5. The van der Waals surface area contributed by atoms with E-state index in [-0.39, 0.29) is 5.91 Å². The van der Waals surface area contributed by atoms with Crippen molar-refractivity contribution in [2.75, 3.05) is 7.11 Å². The molecule has 29 heavy (non-hydrogen) atoms. The van der Waals surface area contributed by atoms with Crippen molar-refractivity contribution in [1.29, 1.82) is 0 Å². The Morgan fingerprint density at radius 1 is 1.03 bits per heavy atom. The van der Waals surface area contributed by atoms with Crippen LogP contribution in [0.3, 0.4) is 0 Å². The second-order valence-electron chi connectivity index (χ2n) is 7.07. The molecule has 2 atom stereocenters. The fourth-order valence-corrected chi connectivity index (χ4v) is 2.82. The summed E-state index contributed by atoms with van der Waals surface area (Å²) >= 11 is 0.